The molecule has 5 heteroatoms. The average Bonchev–Trinajstić information content (AvgIpc) is 3.07. The Bertz CT molecular complexity index is 550. The second kappa shape index (κ2) is 5.99. The lowest BCUT2D eigenvalue weighted by atomic mass is 10.1. The summed E-state index contributed by atoms with van der Waals surface area (Å²) in [4.78, 5) is 24.2. The minimum Gasteiger partial charge on any atom is -0.458 e. The summed E-state index contributed by atoms with van der Waals surface area (Å²) < 4.78 is 10.6. The van der Waals surface area contributed by atoms with E-state index in [0.717, 1.165) is 5.56 Å². The van der Waals surface area contributed by atoms with Gasteiger partial charge in [0.2, 0.25) is 0 Å². The van der Waals surface area contributed by atoms with Gasteiger partial charge in [-0.3, -0.25) is 0 Å². The van der Waals surface area contributed by atoms with E-state index in [0.29, 0.717) is 6.42 Å². The normalized spacial score (nSPS) is 23.5. The van der Waals surface area contributed by atoms with Gasteiger partial charge in [-0.2, -0.15) is 0 Å². The predicted molar refractivity (Wildman–Crippen MR) is 82.1 cm³/mol. The first kappa shape index (κ1) is 16.3. The zero-order chi connectivity index (χ0) is 16.4. The number of alkyl carbamates (subject to hydrolysis) is 1. The average molecular weight is 305 g/mol. The Balaban J connectivity index is 1.90. The van der Waals surface area contributed by atoms with Crippen LogP contribution < -0.4 is 5.32 Å². The van der Waals surface area contributed by atoms with Crippen LogP contribution >= 0.6 is 0 Å². The van der Waals surface area contributed by atoms with Gasteiger partial charge in [0.25, 0.3) is 0 Å². The first-order valence-electron chi connectivity index (χ1n) is 7.45. The smallest absolute Gasteiger partial charge is 0.408 e. The predicted octanol–water partition coefficient (Wildman–Crippen LogP) is 3.03. The first-order valence-corrected chi connectivity index (χ1v) is 7.45. The summed E-state index contributed by atoms with van der Waals surface area (Å²) in [6.07, 6.45) is -0.0263. The van der Waals surface area contributed by atoms with Crippen LogP contribution in [0.5, 0.6) is 0 Å². The Morgan fingerprint density at radius 3 is 2.36 bits per heavy atom. The van der Waals surface area contributed by atoms with Crippen molar-refractivity contribution in [2.75, 3.05) is 0 Å². The van der Waals surface area contributed by atoms with Crippen LogP contribution in [0.25, 0.3) is 0 Å². The van der Waals surface area contributed by atoms with Gasteiger partial charge in [-0.1, -0.05) is 37.3 Å². The van der Waals surface area contributed by atoms with E-state index in [2.05, 4.69) is 5.32 Å². The largest absolute Gasteiger partial charge is 0.458 e. The van der Waals surface area contributed by atoms with E-state index in [1.165, 1.54) is 0 Å². The summed E-state index contributed by atoms with van der Waals surface area (Å²) in [7, 11) is 0. The van der Waals surface area contributed by atoms with E-state index in [9.17, 15) is 9.59 Å². The molecule has 120 valence electrons. The number of hydrogen-bond acceptors (Lipinski definition) is 4. The highest BCUT2D eigenvalue weighted by molar-refractivity contribution is 5.89. The molecule has 1 aliphatic carbocycles. The number of carbonyl (C=O) groups excluding carboxylic acids is 2. The number of hydrogen-bond donors (Lipinski definition) is 1. The lowest BCUT2D eigenvalue weighted by Gasteiger charge is -2.24. The molecule has 0 radical (unpaired) electrons. The van der Waals surface area contributed by atoms with Crippen LogP contribution in [0.2, 0.25) is 0 Å². The molecule has 1 amide bonds. The third-order valence-electron chi connectivity index (χ3n) is 3.61. The number of ether oxygens (including phenoxy) is 2. The van der Waals surface area contributed by atoms with Gasteiger partial charge in [0, 0.05) is 0 Å². The molecule has 1 N–H and O–H groups in total. The number of nitrogens with one attached hydrogen (secondary N) is 1. The number of carbonyl (C=O) groups is 2. The maximum atomic E-state index is 12.3. The molecule has 2 unspecified atom stereocenters. The molecular formula is C17H23NO4. The van der Waals surface area contributed by atoms with E-state index < -0.39 is 23.2 Å². The summed E-state index contributed by atoms with van der Waals surface area (Å²) in [6, 6.07) is 9.39. The summed E-state index contributed by atoms with van der Waals surface area (Å²) in [6.45, 7) is 7.49. The quantitative estimate of drug-likeness (QED) is 0.868. The van der Waals surface area contributed by atoms with Gasteiger partial charge in [-0.25, -0.2) is 9.59 Å². The molecule has 0 saturated heterocycles. The molecule has 2 atom stereocenters. The number of esters is 1. The van der Waals surface area contributed by atoms with E-state index in [4.69, 9.17) is 9.47 Å². The Morgan fingerprint density at radius 2 is 1.86 bits per heavy atom. The van der Waals surface area contributed by atoms with Crippen molar-refractivity contribution >= 4 is 12.1 Å². The highest BCUT2D eigenvalue weighted by Crippen LogP contribution is 2.44. The van der Waals surface area contributed by atoms with Crippen LogP contribution in [-0.2, 0) is 20.9 Å². The minimum absolute atomic E-state index is 0.0478. The van der Waals surface area contributed by atoms with Crippen LogP contribution in [0.3, 0.4) is 0 Å². The molecule has 1 aromatic carbocycles. The lowest BCUT2D eigenvalue weighted by molar-refractivity contribution is -0.159. The zero-order valence-electron chi connectivity index (χ0n) is 13.5. The maximum Gasteiger partial charge on any atom is 0.408 e. The molecule has 0 heterocycles. The van der Waals surface area contributed by atoms with E-state index in [-0.39, 0.29) is 12.5 Å². The van der Waals surface area contributed by atoms with Crippen molar-refractivity contribution in [3.63, 3.8) is 0 Å². The highest BCUT2D eigenvalue weighted by Gasteiger charge is 2.61. The molecule has 1 fully saturated rings. The fraction of sp³-hybridized carbons (Fsp3) is 0.529. The van der Waals surface area contributed by atoms with Crippen molar-refractivity contribution < 1.29 is 19.1 Å². The molecule has 0 spiro atoms. The van der Waals surface area contributed by atoms with Crippen molar-refractivity contribution in [1.29, 1.82) is 0 Å². The molecule has 5 nitrogen and oxygen atoms in total. The Kier molecular flexibility index (Phi) is 4.44. The minimum atomic E-state index is -0.943. The van der Waals surface area contributed by atoms with Gasteiger partial charge in [-0.05, 0) is 38.7 Å². The molecule has 1 saturated carbocycles. The molecular weight excluding hydrogens is 282 g/mol. The first-order chi connectivity index (χ1) is 10.2. The monoisotopic (exact) mass is 305 g/mol. The fourth-order valence-electron chi connectivity index (χ4n) is 2.24. The summed E-state index contributed by atoms with van der Waals surface area (Å²) in [5, 5.41) is 2.67. The molecule has 0 aromatic heterocycles. The van der Waals surface area contributed by atoms with Crippen molar-refractivity contribution in [1.82, 2.24) is 5.32 Å². The van der Waals surface area contributed by atoms with Gasteiger partial charge < -0.3 is 14.8 Å². The Labute approximate surface area is 131 Å². The number of amides is 1. The van der Waals surface area contributed by atoms with Gasteiger partial charge in [0.15, 0.2) is 0 Å². The van der Waals surface area contributed by atoms with Crippen LogP contribution in [-0.4, -0.2) is 23.2 Å². The molecule has 0 bridgehead atoms. The molecule has 1 aliphatic rings. The van der Waals surface area contributed by atoms with Gasteiger partial charge in [0.1, 0.15) is 17.7 Å². The summed E-state index contributed by atoms with van der Waals surface area (Å²) in [5.41, 5.74) is -0.629. The van der Waals surface area contributed by atoms with Crippen LogP contribution in [0.4, 0.5) is 4.79 Å². The molecule has 1 aromatic rings. The van der Waals surface area contributed by atoms with Crippen LogP contribution in [0.1, 0.15) is 39.7 Å². The lowest BCUT2D eigenvalue weighted by Crippen LogP contribution is -2.47. The van der Waals surface area contributed by atoms with Crippen molar-refractivity contribution in [3.8, 4) is 0 Å². The number of rotatable bonds is 4. The van der Waals surface area contributed by atoms with E-state index in [1.54, 1.807) is 20.8 Å². The van der Waals surface area contributed by atoms with Gasteiger partial charge >= 0.3 is 12.1 Å². The molecule has 2 rings (SSSR count). The second-order valence-electron chi connectivity index (χ2n) is 6.77. The zero-order valence-corrected chi connectivity index (χ0v) is 13.5. The van der Waals surface area contributed by atoms with Crippen molar-refractivity contribution in [2.24, 2.45) is 5.92 Å². The van der Waals surface area contributed by atoms with Crippen molar-refractivity contribution in [3.05, 3.63) is 35.9 Å². The summed E-state index contributed by atoms with van der Waals surface area (Å²) in [5.74, 6) is -0.351. The van der Waals surface area contributed by atoms with Crippen molar-refractivity contribution in [2.45, 2.75) is 51.9 Å². The maximum absolute atomic E-state index is 12.3. The Morgan fingerprint density at radius 1 is 1.27 bits per heavy atom. The molecule has 22 heavy (non-hydrogen) atoms. The third-order valence-corrected chi connectivity index (χ3v) is 3.61. The van der Waals surface area contributed by atoms with Crippen LogP contribution in [0, 0.1) is 5.92 Å². The summed E-state index contributed by atoms with van der Waals surface area (Å²) >= 11 is 0. The van der Waals surface area contributed by atoms with Crippen LogP contribution in [0.15, 0.2) is 30.3 Å². The SMILES string of the molecule is CC1CC1(NC(=O)OCc1ccccc1)C(=O)OC(C)(C)C. The second-order valence-corrected chi connectivity index (χ2v) is 6.77. The topological polar surface area (TPSA) is 64.6 Å². The number of benzene rings is 1. The third kappa shape index (κ3) is 4.00. The molecule has 0 aliphatic heterocycles. The standard InChI is InChI=1S/C17H23NO4/c1-12-10-17(12,14(19)22-16(2,3)4)18-15(20)21-11-13-8-6-5-7-9-13/h5-9,12H,10-11H2,1-4H3,(H,18,20). The van der Waals surface area contributed by atoms with E-state index >= 15 is 0 Å². The van der Waals surface area contributed by atoms with Gasteiger partial charge in [-0.15, -0.1) is 0 Å². The van der Waals surface area contributed by atoms with E-state index in [1.807, 2.05) is 37.3 Å². The fourth-order valence-corrected chi connectivity index (χ4v) is 2.24. The highest BCUT2D eigenvalue weighted by atomic mass is 16.6. The Hall–Kier alpha value is -2.04. The van der Waals surface area contributed by atoms with Gasteiger partial charge in [0.05, 0.1) is 0 Å².